The molecule has 0 saturated carbocycles. The molecule has 0 bridgehead atoms. The van der Waals surface area contributed by atoms with Crippen LogP contribution in [0.2, 0.25) is 0 Å². The van der Waals surface area contributed by atoms with Crippen LogP contribution in [0, 0.1) is 11.3 Å². The van der Waals surface area contributed by atoms with E-state index in [0.29, 0.717) is 52.1 Å². The summed E-state index contributed by atoms with van der Waals surface area (Å²) in [6, 6.07) is -0.449. The smallest absolute Gasteiger partial charge is 0.323 e. The fraction of sp³-hybridized carbons (Fsp3) is 0.935. The molecule has 2 rings (SSSR count). The maximum absolute atomic E-state index is 13.6. The lowest BCUT2D eigenvalue weighted by atomic mass is 9.87. The minimum atomic E-state index is -0.519. The molecule has 11 heteroatoms. The van der Waals surface area contributed by atoms with Crippen LogP contribution in [-0.2, 0) is 38.1 Å². The van der Waals surface area contributed by atoms with E-state index in [9.17, 15) is 24.3 Å². The number of piperidine rings is 1. The van der Waals surface area contributed by atoms with Crippen molar-refractivity contribution in [1.82, 2.24) is 9.80 Å². The van der Waals surface area contributed by atoms with Crippen molar-refractivity contribution >= 4 is 23.9 Å². The van der Waals surface area contributed by atoms with Gasteiger partial charge < -0.3 is 29.0 Å². The Bertz CT molecular complexity index is 1340. The molecule has 1 N–H and O–H groups in total. The van der Waals surface area contributed by atoms with Crippen LogP contribution in [0.3, 0.4) is 0 Å². The Labute approximate surface area is 448 Å². The molecule has 0 aromatic rings. The number of aliphatic hydroxyl groups excluding tert-OH is 1. The molecule has 2 aliphatic heterocycles. The minimum absolute atomic E-state index is 0.0512. The Hall–Kier alpha value is -2.24. The van der Waals surface area contributed by atoms with Gasteiger partial charge in [0.1, 0.15) is 18.2 Å². The first-order valence-electron chi connectivity index (χ1n) is 31.3. The quantitative estimate of drug-likeness (QED) is 0.0355. The highest BCUT2D eigenvalue weighted by atomic mass is 16.6. The summed E-state index contributed by atoms with van der Waals surface area (Å²) in [5.41, 5.74) is -0.519. The largest absolute Gasteiger partial charge is 0.465 e. The van der Waals surface area contributed by atoms with Gasteiger partial charge in [-0.2, -0.15) is 0 Å². The molecular weight excluding hydrogens is 917 g/mol. The van der Waals surface area contributed by atoms with Gasteiger partial charge in [0.2, 0.25) is 0 Å². The average molecular weight is 1030 g/mol. The van der Waals surface area contributed by atoms with Crippen LogP contribution < -0.4 is 0 Å². The van der Waals surface area contributed by atoms with E-state index in [2.05, 4.69) is 37.5 Å². The number of ether oxygens (including phenoxy) is 4. The second kappa shape index (κ2) is 43.8. The van der Waals surface area contributed by atoms with Gasteiger partial charge in [-0.3, -0.25) is 24.1 Å². The fourth-order valence-corrected chi connectivity index (χ4v) is 10.9. The van der Waals surface area contributed by atoms with Crippen molar-refractivity contribution in [2.75, 3.05) is 45.9 Å². The van der Waals surface area contributed by atoms with Crippen LogP contribution in [0.5, 0.6) is 0 Å². The normalized spacial score (nSPS) is 16.9. The summed E-state index contributed by atoms with van der Waals surface area (Å²) in [6.07, 6.45) is 40.5. The van der Waals surface area contributed by atoms with Gasteiger partial charge in [0.15, 0.2) is 0 Å². The Morgan fingerprint density at radius 3 is 1.68 bits per heavy atom. The highest BCUT2D eigenvalue weighted by molar-refractivity contribution is 5.77. The van der Waals surface area contributed by atoms with Crippen molar-refractivity contribution in [2.45, 2.75) is 316 Å². The van der Waals surface area contributed by atoms with Crippen molar-refractivity contribution in [3.05, 3.63) is 0 Å². The first kappa shape index (κ1) is 66.9. The first-order valence-corrected chi connectivity index (χ1v) is 31.3. The molecule has 2 fully saturated rings. The van der Waals surface area contributed by atoms with Crippen LogP contribution in [0.4, 0.5) is 0 Å². The van der Waals surface area contributed by atoms with E-state index in [0.717, 1.165) is 135 Å². The Morgan fingerprint density at radius 2 is 1.05 bits per heavy atom. The third kappa shape index (κ3) is 34.2. The van der Waals surface area contributed by atoms with E-state index >= 15 is 0 Å². The number of rotatable bonds is 48. The predicted molar refractivity (Wildman–Crippen MR) is 300 cm³/mol. The Morgan fingerprint density at radius 1 is 0.548 bits per heavy atom. The van der Waals surface area contributed by atoms with Crippen molar-refractivity contribution in [2.24, 2.45) is 11.3 Å². The van der Waals surface area contributed by atoms with Gasteiger partial charge in [-0.05, 0) is 103 Å². The van der Waals surface area contributed by atoms with E-state index in [-0.39, 0.29) is 42.2 Å². The number of carbonyl (C=O) groups is 4. The Kier molecular flexibility index (Phi) is 40.1. The van der Waals surface area contributed by atoms with Crippen LogP contribution in [0.15, 0.2) is 0 Å². The fourth-order valence-electron chi connectivity index (χ4n) is 10.9. The number of nitrogens with zero attached hydrogens (tertiary/aromatic N) is 2. The van der Waals surface area contributed by atoms with Crippen LogP contribution in [0.1, 0.15) is 292 Å². The van der Waals surface area contributed by atoms with Gasteiger partial charge in [-0.1, -0.05) is 182 Å². The monoisotopic (exact) mass is 1030 g/mol. The molecule has 2 aliphatic rings. The number of unbranched alkanes of at least 4 members (excludes halogenated alkanes) is 21. The maximum atomic E-state index is 13.6. The third-order valence-corrected chi connectivity index (χ3v) is 15.9. The lowest BCUT2D eigenvalue weighted by molar-refractivity contribution is -0.154. The first-order chi connectivity index (χ1) is 35.4. The lowest BCUT2D eigenvalue weighted by Gasteiger charge is -2.29. The molecule has 0 aromatic carbocycles. The van der Waals surface area contributed by atoms with Gasteiger partial charge >= 0.3 is 23.9 Å². The summed E-state index contributed by atoms with van der Waals surface area (Å²) in [4.78, 5) is 57.0. The number of likely N-dealkylation sites (tertiary alicyclic amines) is 2. The number of esters is 4. The molecule has 0 aromatic heterocycles. The zero-order valence-corrected chi connectivity index (χ0v) is 48.5. The molecule has 0 amide bonds. The van der Waals surface area contributed by atoms with E-state index < -0.39 is 11.5 Å². The molecule has 0 radical (unpaired) electrons. The predicted octanol–water partition coefficient (Wildman–Crippen LogP) is 15.2. The molecule has 428 valence electrons. The van der Waals surface area contributed by atoms with E-state index in [1.54, 1.807) is 0 Å². The molecule has 0 spiro atoms. The summed E-state index contributed by atoms with van der Waals surface area (Å²) >= 11 is 0. The lowest BCUT2D eigenvalue weighted by Crippen LogP contribution is -2.38. The Balaban J connectivity index is 1.77. The summed E-state index contributed by atoms with van der Waals surface area (Å²) in [7, 11) is 0. The molecule has 2 heterocycles. The van der Waals surface area contributed by atoms with E-state index in [1.165, 1.54) is 116 Å². The van der Waals surface area contributed by atoms with Crippen molar-refractivity contribution < 1.29 is 43.2 Å². The average Bonchev–Trinajstić information content (AvgIpc) is 3.78. The number of hydrogen-bond donors (Lipinski definition) is 1. The number of hydrogen-bond acceptors (Lipinski definition) is 11. The molecule has 2 saturated heterocycles. The summed E-state index contributed by atoms with van der Waals surface area (Å²) in [6.45, 7) is 17.3. The maximum Gasteiger partial charge on any atom is 0.323 e. The second-order valence-corrected chi connectivity index (χ2v) is 23.3. The van der Waals surface area contributed by atoms with E-state index in [4.69, 9.17) is 18.9 Å². The van der Waals surface area contributed by atoms with Gasteiger partial charge in [0, 0.05) is 39.0 Å². The summed E-state index contributed by atoms with van der Waals surface area (Å²) < 4.78 is 23.7. The van der Waals surface area contributed by atoms with Gasteiger partial charge in [0.05, 0.1) is 31.2 Å². The molecule has 0 unspecified atom stereocenters. The van der Waals surface area contributed by atoms with E-state index in [1.807, 2.05) is 13.8 Å². The van der Waals surface area contributed by atoms with Gasteiger partial charge in [-0.25, -0.2) is 0 Å². The van der Waals surface area contributed by atoms with Crippen LogP contribution >= 0.6 is 0 Å². The standard InChI is InChI=1S/C62H116N2O9/c1-7-11-15-17-20-28-38-55(39-29-21-18-16-12-8-2)72-58(66)40-30-22-19-25-33-49-70-60(68)57-51-56(73-59(67)43-48-63-46-41-54(65)42-47-63)52-64(57)45-32-24-23-31-44-62(5,6)61(69)71-50-34-37-53(35-26-13-9-3)36-27-14-10-4/h53-57,65H,7-52H2,1-6H3/t56-,57-/m0/s1. The molecule has 11 nitrogen and oxygen atoms in total. The van der Waals surface area contributed by atoms with Crippen molar-refractivity contribution in [1.29, 1.82) is 0 Å². The summed E-state index contributed by atoms with van der Waals surface area (Å²) in [5, 5.41) is 9.87. The molecule has 2 atom stereocenters. The van der Waals surface area contributed by atoms with Crippen LogP contribution in [-0.4, -0.2) is 109 Å². The zero-order chi connectivity index (χ0) is 53.2. The SMILES string of the molecule is CCCCCCCCC(CCCCCCCC)OC(=O)CCCCCCCOC(=O)[C@@H]1C[C@H](OC(=O)CCN2CCC(O)CC2)CN1CCCCCCC(C)(C)C(=O)OCCCC(CCCCC)CCCCC. The molecule has 73 heavy (non-hydrogen) atoms. The topological polar surface area (TPSA) is 132 Å². The second-order valence-electron chi connectivity index (χ2n) is 23.3. The highest BCUT2D eigenvalue weighted by Gasteiger charge is 2.39. The number of carbonyl (C=O) groups excluding carboxylic acids is 4. The summed E-state index contributed by atoms with van der Waals surface area (Å²) in [5.74, 6) is 0.119. The van der Waals surface area contributed by atoms with Crippen molar-refractivity contribution in [3.63, 3.8) is 0 Å². The minimum Gasteiger partial charge on any atom is -0.465 e. The van der Waals surface area contributed by atoms with Crippen molar-refractivity contribution in [3.8, 4) is 0 Å². The van der Waals surface area contributed by atoms with Gasteiger partial charge in [0.25, 0.3) is 0 Å². The third-order valence-electron chi connectivity index (χ3n) is 15.9. The molecular formula is C62H116N2O9. The highest BCUT2D eigenvalue weighted by Crippen LogP contribution is 2.29. The number of aliphatic hydroxyl groups is 1. The van der Waals surface area contributed by atoms with Crippen LogP contribution in [0.25, 0.3) is 0 Å². The zero-order valence-electron chi connectivity index (χ0n) is 48.5. The molecule has 0 aliphatic carbocycles. The van der Waals surface area contributed by atoms with Gasteiger partial charge in [-0.15, -0.1) is 0 Å².